The lowest BCUT2D eigenvalue weighted by Crippen LogP contribution is -2.02. The van der Waals surface area contributed by atoms with Gasteiger partial charge in [0.2, 0.25) is 0 Å². The summed E-state index contributed by atoms with van der Waals surface area (Å²) in [6.07, 6.45) is 7.65. The van der Waals surface area contributed by atoms with Crippen LogP contribution in [0.3, 0.4) is 0 Å². The van der Waals surface area contributed by atoms with Crippen LogP contribution >= 0.6 is 10.0 Å². The molecule has 1 heteroatoms. The molecule has 0 aliphatic carbocycles. The Hall–Kier alpha value is 0.350. The predicted molar refractivity (Wildman–Crippen MR) is 49.8 cm³/mol. The summed E-state index contributed by atoms with van der Waals surface area (Å²) < 4.78 is 0. The molecule has 0 aromatic rings. The molecule has 0 rings (SSSR count). The zero-order valence-electron chi connectivity index (χ0n) is 7.24. The predicted octanol–water partition coefficient (Wildman–Crippen LogP) is 2.87. The van der Waals surface area contributed by atoms with Gasteiger partial charge in [0.05, 0.1) is 0 Å². The average Bonchev–Trinajstić information content (AvgIpc) is 1.84. The minimum Gasteiger partial charge on any atom is -0.247 e. The third kappa shape index (κ3) is 4.83. The van der Waals surface area contributed by atoms with Crippen molar-refractivity contribution in [1.29, 1.82) is 0 Å². The molecule has 0 saturated heterocycles. The van der Waals surface area contributed by atoms with E-state index >= 15 is 0 Å². The van der Waals surface area contributed by atoms with Gasteiger partial charge in [-0.1, -0.05) is 20.3 Å². The maximum absolute atomic E-state index is 2.43. The van der Waals surface area contributed by atoms with Gasteiger partial charge >= 0.3 is 0 Å². The maximum atomic E-state index is 2.43. The Morgan fingerprint density at radius 3 is 2.00 bits per heavy atom. The molecule has 0 unspecified atom stereocenters. The smallest absolute Gasteiger partial charge is 0.0233 e. The molecule has 0 nitrogen and oxygen atoms in total. The van der Waals surface area contributed by atoms with Crippen LogP contribution in [0.5, 0.6) is 0 Å². The van der Waals surface area contributed by atoms with Crippen LogP contribution in [0, 0.1) is 0 Å². The fourth-order valence-electron chi connectivity index (χ4n) is 0.679. The molecule has 0 fully saturated rings. The standard InChI is InChI=1S/C8H20S/c1-5-7-8-9(3,4)6-2/h5-8H2,1-4H3. The highest BCUT2D eigenvalue weighted by molar-refractivity contribution is 8.32. The molecule has 0 saturated carbocycles. The van der Waals surface area contributed by atoms with Gasteiger partial charge in [-0.25, -0.2) is 10.0 Å². The summed E-state index contributed by atoms with van der Waals surface area (Å²) in [7, 11) is -0.182. The van der Waals surface area contributed by atoms with Gasteiger partial charge in [0.25, 0.3) is 0 Å². The minimum atomic E-state index is -0.182. The van der Waals surface area contributed by atoms with Gasteiger partial charge in [0.1, 0.15) is 0 Å². The number of rotatable bonds is 4. The van der Waals surface area contributed by atoms with E-state index in [0.717, 1.165) is 0 Å². The van der Waals surface area contributed by atoms with Crippen LogP contribution in [-0.4, -0.2) is 24.0 Å². The zero-order chi connectivity index (χ0) is 7.33. The lowest BCUT2D eigenvalue weighted by Gasteiger charge is -2.29. The second kappa shape index (κ2) is 4.21. The SMILES string of the molecule is CCCCS(C)(C)CC. The molecular formula is C8H20S. The Morgan fingerprint density at radius 1 is 1.11 bits per heavy atom. The number of hydrogen-bond donors (Lipinski definition) is 0. The highest BCUT2D eigenvalue weighted by atomic mass is 32.3. The molecule has 0 N–H and O–H groups in total. The van der Waals surface area contributed by atoms with Crippen molar-refractivity contribution in [2.75, 3.05) is 24.0 Å². The fourth-order valence-corrected chi connectivity index (χ4v) is 2.04. The first-order valence-electron chi connectivity index (χ1n) is 3.81. The molecule has 0 amide bonds. The van der Waals surface area contributed by atoms with E-state index in [1.54, 1.807) is 0 Å². The van der Waals surface area contributed by atoms with Crippen LogP contribution < -0.4 is 0 Å². The second-order valence-corrected chi connectivity index (χ2v) is 7.63. The molecule has 0 aliphatic heterocycles. The molecule has 0 spiro atoms. The van der Waals surface area contributed by atoms with Crippen LogP contribution in [0.2, 0.25) is 0 Å². The fraction of sp³-hybridized carbons (Fsp3) is 1.00. The highest BCUT2D eigenvalue weighted by Gasteiger charge is 2.05. The molecular weight excluding hydrogens is 128 g/mol. The summed E-state index contributed by atoms with van der Waals surface area (Å²) in [6.45, 7) is 4.58. The molecule has 58 valence electrons. The first-order chi connectivity index (χ1) is 4.12. The van der Waals surface area contributed by atoms with Crippen LogP contribution in [0.15, 0.2) is 0 Å². The van der Waals surface area contributed by atoms with Crippen LogP contribution in [-0.2, 0) is 0 Å². The van der Waals surface area contributed by atoms with Crippen LogP contribution in [0.4, 0.5) is 0 Å². The molecule has 9 heavy (non-hydrogen) atoms. The van der Waals surface area contributed by atoms with Crippen LogP contribution in [0.1, 0.15) is 26.7 Å². The van der Waals surface area contributed by atoms with Gasteiger partial charge < -0.3 is 0 Å². The minimum absolute atomic E-state index is 0.182. The van der Waals surface area contributed by atoms with Gasteiger partial charge in [-0.15, -0.1) is 0 Å². The van der Waals surface area contributed by atoms with Crippen molar-refractivity contribution in [1.82, 2.24) is 0 Å². The van der Waals surface area contributed by atoms with E-state index in [-0.39, 0.29) is 10.0 Å². The Labute approximate surface area is 61.4 Å². The lowest BCUT2D eigenvalue weighted by atomic mass is 10.4. The first kappa shape index (κ1) is 9.35. The van der Waals surface area contributed by atoms with Crippen molar-refractivity contribution in [3.05, 3.63) is 0 Å². The average molecular weight is 148 g/mol. The van der Waals surface area contributed by atoms with Gasteiger partial charge in [0, 0.05) is 0 Å². The van der Waals surface area contributed by atoms with E-state index in [0.29, 0.717) is 0 Å². The summed E-state index contributed by atoms with van der Waals surface area (Å²) in [4.78, 5) is 0. The monoisotopic (exact) mass is 148 g/mol. The third-order valence-corrected chi connectivity index (χ3v) is 4.79. The maximum Gasteiger partial charge on any atom is -0.0233 e. The van der Waals surface area contributed by atoms with Crippen molar-refractivity contribution in [3.63, 3.8) is 0 Å². The summed E-state index contributed by atoms with van der Waals surface area (Å²) in [5.41, 5.74) is 0. The van der Waals surface area contributed by atoms with Crippen molar-refractivity contribution in [2.45, 2.75) is 26.7 Å². The van der Waals surface area contributed by atoms with Crippen molar-refractivity contribution in [3.8, 4) is 0 Å². The first-order valence-corrected chi connectivity index (χ1v) is 6.60. The summed E-state index contributed by atoms with van der Waals surface area (Å²) in [6, 6.07) is 0. The normalized spacial score (nSPS) is 13.8. The van der Waals surface area contributed by atoms with Crippen molar-refractivity contribution in [2.24, 2.45) is 0 Å². The topological polar surface area (TPSA) is 0 Å². The third-order valence-electron chi connectivity index (χ3n) is 1.83. The van der Waals surface area contributed by atoms with E-state index in [9.17, 15) is 0 Å². The van der Waals surface area contributed by atoms with E-state index in [2.05, 4.69) is 26.4 Å². The molecule has 0 atom stereocenters. The molecule has 0 aliphatic rings. The summed E-state index contributed by atoms with van der Waals surface area (Å²) >= 11 is 0. The summed E-state index contributed by atoms with van der Waals surface area (Å²) in [5.74, 6) is 2.87. The Balaban J connectivity index is 3.33. The lowest BCUT2D eigenvalue weighted by molar-refractivity contribution is 0.891. The van der Waals surface area contributed by atoms with Gasteiger partial charge in [0.15, 0.2) is 0 Å². The number of unbranched alkanes of at least 4 members (excludes halogenated alkanes) is 1. The Kier molecular flexibility index (Phi) is 4.37. The van der Waals surface area contributed by atoms with E-state index in [1.807, 2.05) is 0 Å². The van der Waals surface area contributed by atoms with Gasteiger partial charge in [-0.3, -0.25) is 0 Å². The Morgan fingerprint density at radius 2 is 1.67 bits per heavy atom. The quantitative estimate of drug-likeness (QED) is 0.575. The molecule has 0 aromatic carbocycles. The molecule has 0 aromatic heterocycles. The van der Waals surface area contributed by atoms with E-state index in [4.69, 9.17) is 0 Å². The summed E-state index contributed by atoms with van der Waals surface area (Å²) in [5, 5.41) is 0. The van der Waals surface area contributed by atoms with Gasteiger partial charge in [-0.05, 0) is 30.4 Å². The van der Waals surface area contributed by atoms with Gasteiger partial charge in [-0.2, -0.15) is 0 Å². The van der Waals surface area contributed by atoms with Crippen LogP contribution in [0.25, 0.3) is 0 Å². The Bertz CT molecular complexity index is 67.0. The zero-order valence-corrected chi connectivity index (χ0v) is 8.05. The van der Waals surface area contributed by atoms with Crippen molar-refractivity contribution >= 4 is 10.0 Å². The molecule has 0 heterocycles. The number of hydrogen-bond acceptors (Lipinski definition) is 0. The largest absolute Gasteiger partial charge is 0.247 e. The molecule has 0 bridgehead atoms. The highest BCUT2D eigenvalue weighted by Crippen LogP contribution is 2.39. The second-order valence-electron chi connectivity index (χ2n) is 3.11. The van der Waals surface area contributed by atoms with Crippen molar-refractivity contribution < 1.29 is 0 Å². The van der Waals surface area contributed by atoms with E-state index in [1.165, 1.54) is 24.3 Å². The molecule has 0 radical (unpaired) electrons. The van der Waals surface area contributed by atoms with E-state index < -0.39 is 0 Å².